The first-order chi connectivity index (χ1) is 34.2. The van der Waals surface area contributed by atoms with Gasteiger partial charge in [0.05, 0.1) is 73.2 Å². The minimum atomic E-state index is -1.02. The van der Waals surface area contributed by atoms with Crippen molar-refractivity contribution in [3.05, 3.63) is 0 Å². The second kappa shape index (κ2) is 38.8. The summed E-state index contributed by atoms with van der Waals surface area (Å²) >= 11 is 8.35. The number of amides is 6. The highest BCUT2D eigenvalue weighted by molar-refractivity contribution is 14.2. The highest BCUT2D eigenvalue weighted by Gasteiger charge is 2.44. The molecule has 30 heteroatoms. The first-order valence-electron chi connectivity index (χ1n) is 24.4. The molecule has 73 heavy (non-hydrogen) atoms. The smallest absolute Gasteiger partial charge is 0.320 e. The molecule has 0 saturated carbocycles. The molecule has 409 valence electrons. The van der Waals surface area contributed by atoms with E-state index >= 15 is 0 Å². The van der Waals surface area contributed by atoms with Crippen LogP contribution in [-0.2, 0) is 57.3 Å². The third-order valence-corrected chi connectivity index (χ3v) is 20.9. The van der Waals surface area contributed by atoms with Gasteiger partial charge in [0.2, 0.25) is 50.0 Å². The van der Waals surface area contributed by atoms with E-state index in [0.717, 1.165) is 25.7 Å². The summed E-state index contributed by atoms with van der Waals surface area (Å²) in [6.45, 7) is 18.9. The molecule has 5 radical (unpaired) electrons. The Morgan fingerprint density at radius 1 is 0.548 bits per heavy atom. The summed E-state index contributed by atoms with van der Waals surface area (Å²) in [5.74, 6) is -1.36. The van der Waals surface area contributed by atoms with Crippen molar-refractivity contribution >= 4 is 189 Å². The SMILES string of the molecule is CC(N)CCC(C)OCC(C)N.CC(N)COC(C)CCC(C)N1C(=O)CC(P[B]I)C1=O.O=C1CC(P[B]I)C(=O)O1.[B]P(I)C1CC(=O)N(C(C)COC(C)CCC(C)N2C(=O)CC(P[B]I)C2=O)C1=O. The predicted octanol–water partition coefficient (Wildman–Crippen LogP) is 5.79. The van der Waals surface area contributed by atoms with Crippen LogP contribution in [0.15, 0.2) is 0 Å². The number of rotatable bonds is 28. The van der Waals surface area contributed by atoms with E-state index in [0.29, 0.717) is 64.3 Å². The van der Waals surface area contributed by atoms with E-state index in [-0.39, 0.29) is 138 Å². The number of likely N-dealkylation sites (tertiary alicyclic amines) is 3. The summed E-state index contributed by atoms with van der Waals surface area (Å²) in [6, 6.07) is -0.163. The summed E-state index contributed by atoms with van der Waals surface area (Å²) in [5.41, 5.74) is 14.9. The van der Waals surface area contributed by atoms with Crippen molar-refractivity contribution in [2.45, 2.75) is 204 Å². The molecule has 0 aliphatic carbocycles. The average Bonchev–Trinajstić information content (AvgIpc) is 4.00. The van der Waals surface area contributed by atoms with Crippen molar-refractivity contribution in [3.63, 3.8) is 0 Å². The summed E-state index contributed by atoms with van der Waals surface area (Å²) in [5, 5.41) is 0. The normalized spacial score (nSPS) is 24.5. The topological polar surface area (TPSA) is 261 Å². The molecule has 6 amide bonds. The molecule has 4 rings (SSSR count). The standard InChI is InChI=1S/C17H25B2I2N2O5P2.C13H24BIN2O3P.C9H22N2O.C4H4BIO3P/c1-9(22-14(24)6-12(16(22)26)29-19-20)4-5-11(3)28-8-10(2)23-15(25)7-13(17(23)27)30(18)21;1-8(16)7-20-10(3)5-4-9(2)17-12(18)6-11(13(17)19)21-14-15;1-7(10)4-5-9(3)12-6-8(2)11;6-5-10-2-1-3(7)9-4(2)8/h9-13,29H,4-8H2,1-3H3;8-11,21H,4-7,16H2,1-3H3;7-9H,4-6,10-11H2,1-3H3;2,10H,1H2. The maximum Gasteiger partial charge on any atom is 0.320 e. The summed E-state index contributed by atoms with van der Waals surface area (Å²) in [7, 11) is 7.05. The van der Waals surface area contributed by atoms with Crippen LogP contribution < -0.4 is 17.2 Å². The minimum absolute atomic E-state index is 0.0112. The lowest BCUT2D eigenvalue weighted by atomic mass is 10.1. The van der Waals surface area contributed by atoms with Crippen molar-refractivity contribution in [2.24, 2.45) is 17.2 Å². The van der Waals surface area contributed by atoms with Crippen LogP contribution in [0.3, 0.4) is 0 Å². The van der Waals surface area contributed by atoms with Crippen molar-refractivity contribution in [1.29, 1.82) is 0 Å². The monoisotopic (exact) mass is 1540 g/mol. The number of hydrogen-bond donors (Lipinski definition) is 3. The molecule has 4 aliphatic heterocycles. The Balaban J connectivity index is 0.000000534. The molecule has 17 atom stereocenters. The zero-order chi connectivity index (χ0) is 55.7. The van der Waals surface area contributed by atoms with Gasteiger partial charge in [0, 0.05) is 49.5 Å². The molecule has 4 aliphatic rings. The van der Waals surface area contributed by atoms with Crippen molar-refractivity contribution in [3.8, 4) is 0 Å². The number of nitrogens with two attached hydrogens (primary N) is 3. The predicted molar refractivity (Wildman–Crippen MR) is 335 cm³/mol. The maximum atomic E-state index is 12.5. The molecule has 0 aromatic rings. The highest BCUT2D eigenvalue weighted by Crippen LogP contribution is 2.49. The number of esters is 2. The zero-order valence-corrected chi connectivity index (χ0v) is 56.0. The molecule has 0 bridgehead atoms. The number of carbonyl (C=O) groups is 8. The maximum absolute atomic E-state index is 12.5. The third kappa shape index (κ3) is 27.5. The fourth-order valence-electron chi connectivity index (χ4n) is 7.58. The van der Waals surface area contributed by atoms with E-state index < -0.39 is 11.1 Å². The minimum Gasteiger partial charge on any atom is -0.393 e. The Bertz CT molecular complexity index is 1780. The zero-order valence-electron chi connectivity index (χ0n) is 43.4. The van der Waals surface area contributed by atoms with Crippen molar-refractivity contribution in [1.82, 2.24) is 14.7 Å². The van der Waals surface area contributed by atoms with Gasteiger partial charge < -0.3 is 36.1 Å². The van der Waals surface area contributed by atoms with E-state index in [9.17, 15) is 38.4 Å². The van der Waals surface area contributed by atoms with Crippen LogP contribution in [0.5, 0.6) is 0 Å². The molecule has 4 fully saturated rings. The molecule has 0 spiro atoms. The quantitative estimate of drug-likeness (QED) is 0.0209. The lowest BCUT2D eigenvalue weighted by molar-refractivity contribution is -0.152. The van der Waals surface area contributed by atoms with Gasteiger partial charge in [-0.1, -0.05) is 27.5 Å². The van der Waals surface area contributed by atoms with E-state index in [1.54, 1.807) is 6.92 Å². The van der Waals surface area contributed by atoms with Crippen molar-refractivity contribution in [2.75, 3.05) is 19.8 Å². The van der Waals surface area contributed by atoms with Crippen LogP contribution in [0.1, 0.15) is 127 Å². The Morgan fingerprint density at radius 2 is 0.918 bits per heavy atom. The molecule has 4 saturated heterocycles. The first-order valence-corrected chi connectivity index (χ1v) is 35.8. The van der Waals surface area contributed by atoms with Gasteiger partial charge in [-0.15, -0.1) is 25.4 Å². The first kappa shape index (κ1) is 72.2. The summed E-state index contributed by atoms with van der Waals surface area (Å²) < 4.78 is 21.3. The van der Waals surface area contributed by atoms with Crippen LogP contribution in [0, 0.1) is 0 Å². The Kier molecular flexibility index (Phi) is 38.4. The van der Waals surface area contributed by atoms with E-state index in [4.69, 9.17) is 39.0 Å². The lowest BCUT2D eigenvalue weighted by Gasteiger charge is -2.27. The van der Waals surface area contributed by atoms with E-state index in [2.05, 4.69) is 78.8 Å². The second-order valence-electron chi connectivity index (χ2n) is 18.9. The van der Waals surface area contributed by atoms with Crippen molar-refractivity contribution < 1.29 is 57.3 Å². The van der Waals surface area contributed by atoms with Crippen LogP contribution in [0.4, 0.5) is 0 Å². The number of ether oxygens (including phenoxy) is 4. The number of carbonyl (C=O) groups excluding carboxylic acids is 8. The molecule has 17 unspecified atom stereocenters. The molecular weight excluding hydrogens is 1470 g/mol. The summed E-state index contributed by atoms with van der Waals surface area (Å²) in [6.07, 6.45) is 6.27. The molecule has 0 aromatic heterocycles. The lowest BCUT2D eigenvalue weighted by Crippen LogP contribution is -2.42. The molecule has 4 heterocycles. The second-order valence-corrected chi connectivity index (χ2v) is 32.9. The average molecular weight is 1540 g/mol. The van der Waals surface area contributed by atoms with Gasteiger partial charge in [-0.2, -0.15) is 67.1 Å². The van der Waals surface area contributed by atoms with Gasteiger partial charge >= 0.3 is 11.9 Å². The van der Waals surface area contributed by atoms with Crippen LogP contribution in [0.2, 0.25) is 0 Å². The van der Waals surface area contributed by atoms with Gasteiger partial charge in [-0.05, 0) is 101 Å². The molecule has 6 N–H and O–H groups in total. The number of nitrogens with zero attached hydrogens (tertiary/aromatic N) is 3. The van der Waals surface area contributed by atoms with Gasteiger partial charge in [-0.25, -0.2) is 0 Å². The van der Waals surface area contributed by atoms with E-state index in [1.807, 2.05) is 85.1 Å². The number of halogens is 4. The fraction of sp³-hybridized carbons (Fsp3) is 0.814. The molecule has 0 aromatic carbocycles. The van der Waals surface area contributed by atoms with Gasteiger partial charge in [0.15, 0.2) is 0 Å². The van der Waals surface area contributed by atoms with E-state index in [1.165, 1.54) is 14.7 Å². The Labute approximate surface area is 497 Å². The van der Waals surface area contributed by atoms with Crippen LogP contribution >= 0.6 is 120 Å². The van der Waals surface area contributed by atoms with Crippen LogP contribution in [-0.4, -0.2) is 181 Å². The third-order valence-electron chi connectivity index (χ3n) is 11.7. The molecule has 18 nitrogen and oxygen atoms in total. The van der Waals surface area contributed by atoms with Gasteiger partial charge in [0.25, 0.3) is 0 Å². The van der Waals surface area contributed by atoms with Gasteiger partial charge in [-0.3, -0.25) is 53.1 Å². The molecular formula is C43H75B4I4N6O12P4. The number of imide groups is 3. The Hall–Kier alpha value is 1.22. The largest absolute Gasteiger partial charge is 0.393 e. The highest BCUT2D eigenvalue weighted by atomic mass is 127. The fourth-order valence-corrected chi connectivity index (χ4v) is 15.5. The van der Waals surface area contributed by atoms with Crippen LogP contribution in [0.25, 0.3) is 0 Å². The van der Waals surface area contributed by atoms with Gasteiger partial charge in [0.1, 0.15) is 7.57 Å². The summed E-state index contributed by atoms with van der Waals surface area (Å²) in [4.78, 5) is 105. The number of hydrogen-bond acceptors (Lipinski definition) is 15. The Morgan fingerprint density at radius 3 is 1.26 bits per heavy atom. The number of cyclic esters (lactones) is 2.